The molecule has 1 aliphatic carbocycles. The lowest BCUT2D eigenvalue weighted by molar-refractivity contribution is 0.118. The zero-order chi connectivity index (χ0) is 12.5. The fourth-order valence-electron chi connectivity index (χ4n) is 3.41. The van der Waals surface area contributed by atoms with Gasteiger partial charge >= 0.3 is 0 Å². The summed E-state index contributed by atoms with van der Waals surface area (Å²) in [6.45, 7) is 2.91. The summed E-state index contributed by atoms with van der Waals surface area (Å²) < 4.78 is 0. The fourth-order valence-corrected chi connectivity index (χ4v) is 3.41. The van der Waals surface area contributed by atoms with Crippen molar-refractivity contribution < 1.29 is 10.2 Å². The maximum atomic E-state index is 10.1. The summed E-state index contributed by atoms with van der Waals surface area (Å²) in [5.41, 5.74) is 0.643. The molecule has 0 spiro atoms. The van der Waals surface area contributed by atoms with E-state index in [0.717, 1.165) is 24.9 Å². The van der Waals surface area contributed by atoms with Crippen molar-refractivity contribution >= 4 is 0 Å². The first-order valence-corrected chi connectivity index (χ1v) is 6.77. The Morgan fingerprint density at radius 3 is 2.61 bits per heavy atom. The Kier molecular flexibility index (Phi) is 3.22. The largest absolute Gasteiger partial charge is 0.506 e. The van der Waals surface area contributed by atoms with E-state index < -0.39 is 6.10 Å². The number of fused-ring (bicyclic) bond motifs is 1. The molecule has 2 aliphatic rings. The summed E-state index contributed by atoms with van der Waals surface area (Å²) in [4.78, 5) is 6.42. The molecule has 0 bridgehead atoms. The number of nitrogens with zero attached hydrogens (tertiary/aromatic N) is 2. The highest BCUT2D eigenvalue weighted by Crippen LogP contribution is 2.38. The summed E-state index contributed by atoms with van der Waals surface area (Å²) in [5.74, 6) is 1.84. The average Bonchev–Trinajstić information content (AvgIpc) is 2.90. The van der Waals surface area contributed by atoms with Gasteiger partial charge in [-0.25, -0.2) is 0 Å². The molecule has 1 aromatic rings. The third-order valence-electron chi connectivity index (χ3n) is 4.35. The maximum Gasteiger partial charge on any atom is 0.133 e. The SMILES string of the molecule is Oc1ccc(C(O)CN2CC3CCC[C@@H]3C2)nc1. The first-order valence-electron chi connectivity index (χ1n) is 6.77. The van der Waals surface area contributed by atoms with Crippen LogP contribution in [-0.2, 0) is 0 Å². The van der Waals surface area contributed by atoms with E-state index in [1.807, 2.05) is 0 Å². The van der Waals surface area contributed by atoms with Crippen LogP contribution in [0.3, 0.4) is 0 Å². The van der Waals surface area contributed by atoms with Gasteiger partial charge in [-0.2, -0.15) is 0 Å². The first-order chi connectivity index (χ1) is 8.72. The van der Waals surface area contributed by atoms with Crippen LogP contribution in [0.2, 0.25) is 0 Å². The minimum atomic E-state index is -0.551. The number of aromatic hydroxyl groups is 1. The van der Waals surface area contributed by atoms with Gasteiger partial charge in [0, 0.05) is 19.6 Å². The molecule has 4 heteroatoms. The molecule has 3 atom stereocenters. The van der Waals surface area contributed by atoms with Crippen LogP contribution in [0.4, 0.5) is 0 Å². The van der Waals surface area contributed by atoms with Gasteiger partial charge in [-0.1, -0.05) is 6.42 Å². The van der Waals surface area contributed by atoms with Crippen molar-refractivity contribution in [3.8, 4) is 5.75 Å². The van der Waals surface area contributed by atoms with Gasteiger partial charge in [0.2, 0.25) is 0 Å². The van der Waals surface area contributed by atoms with Crippen LogP contribution < -0.4 is 0 Å². The number of aliphatic hydroxyl groups excluding tert-OH is 1. The number of β-amino-alcohol motifs (C(OH)–C–C–N with tert-alkyl or cyclic N) is 1. The standard InChI is InChI=1S/C14H20N2O2/c17-12-4-5-13(15-6-12)14(18)9-16-7-10-2-1-3-11(10)8-16/h4-6,10-11,14,17-18H,1-3,7-9H2/t10-,11?,14?/m1/s1. The van der Waals surface area contributed by atoms with Crippen LogP contribution in [0.5, 0.6) is 5.75 Å². The molecule has 0 radical (unpaired) electrons. The Bertz CT molecular complexity index is 395. The molecule has 2 fully saturated rings. The Labute approximate surface area is 107 Å². The van der Waals surface area contributed by atoms with Crippen LogP contribution in [0.1, 0.15) is 31.1 Å². The highest BCUT2D eigenvalue weighted by Gasteiger charge is 2.36. The van der Waals surface area contributed by atoms with Gasteiger partial charge in [0.15, 0.2) is 0 Å². The highest BCUT2D eigenvalue weighted by atomic mass is 16.3. The second-order valence-electron chi connectivity index (χ2n) is 5.63. The third kappa shape index (κ3) is 2.35. The lowest BCUT2D eigenvalue weighted by Gasteiger charge is -2.20. The monoisotopic (exact) mass is 248 g/mol. The predicted octanol–water partition coefficient (Wildman–Crippen LogP) is 1.55. The molecule has 4 nitrogen and oxygen atoms in total. The molecule has 0 aromatic carbocycles. The van der Waals surface area contributed by atoms with Crippen molar-refractivity contribution in [2.24, 2.45) is 11.8 Å². The van der Waals surface area contributed by atoms with Crippen LogP contribution in [-0.4, -0.2) is 39.7 Å². The number of likely N-dealkylation sites (tertiary alicyclic amines) is 1. The van der Waals surface area contributed by atoms with Crippen molar-refractivity contribution in [2.75, 3.05) is 19.6 Å². The zero-order valence-corrected chi connectivity index (χ0v) is 10.5. The number of pyridine rings is 1. The van der Waals surface area contributed by atoms with Gasteiger partial charge in [-0.15, -0.1) is 0 Å². The molecule has 1 aromatic heterocycles. The Morgan fingerprint density at radius 2 is 2.00 bits per heavy atom. The summed E-state index contributed by atoms with van der Waals surface area (Å²) in [6, 6.07) is 3.27. The fraction of sp³-hybridized carbons (Fsp3) is 0.643. The van der Waals surface area contributed by atoms with Gasteiger partial charge in [-0.05, 0) is 36.8 Å². The second-order valence-corrected chi connectivity index (χ2v) is 5.63. The molecule has 2 unspecified atom stereocenters. The smallest absolute Gasteiger partial charge is 0.133 e. The Morgan fingerprint density at radius 1 is 1.28 bits per heavy atom. The molecule has 3 rings (SSSR count). The Balaban J connectivity index is 1.58. The number of aromatic nitrogens is 1. The molecule has 2 heterocycles. The minimum absolute atomic E-state index is 0.140. The molecular weight excluding hydrogens is 228 g/mol. The molecule has 18 heavy (non-hydrogen) atoms. The number of hydrogen-bond acceptors (Lipinski definition) is 4. The molecule has 0 amide bonds. The van der Waals surface area contributed by atoms with Gasteiger partial charge < -0.3 is 10.2 Å². The van der Waals surface area contributed by atoms with E-state index in [4.69, 9.17) is 0 Å². The van der Waals surface area contributed by atoms with Crippen molar-refractivity contribution in [3.63, 3.8) is 0 Å². The lowest BCUT2D eigenvalue weighted by Crippen LogP contribution is -2.27. The molecule has 1 saturated carbocycles. The summed E-state index contributed by atoms with van der Waals surface area (Å²) >= 11 is 0. The van der Waals surface area contributed by atoms with E-state index in [1.165, 1.54) is 25.5 Å². The van der Waals surface area contributed by atoms with E-state index in [2.05, 4.69) is 9.88 Å². The molecule has 1 saturated heterocycles. The summed E-state index contributed by atoms with van der Waals surface area (Å²) in [5, 5.41) is 19.3. The predicted molar refractivity (Wildman–Crippen MR) is 68.1 cm³/mol. The normalized spacial score (nSPS) is 29.4. The van der Waals surface area contributed by atoms with E-state index in [-0.39, 0.29) is 5.75 Å². The van der Waals surface area contributed by atoms with Crippen molar-refractivity contribution in [1.29, 1.82) is 0 Å². The van der Waals surface area contributed by atoms with Crippen LogP contribution in [0, 0.1) is 11.8 Å². The van der Waals surface area contributed by atoms with Gasteiger partial charge in [0.25, 0.3) is 0 Å². The molecule has 2 N–H and O–H groups in total. The minimum Gasteiger partial charge on any atom is -0.506 e. The second kappa shape index (κ2) is 4.86. The van der Waals surface area contributed by atoms with Crippen molar-refractivity contribution in [2.45, 2.75) is 25.4 Å². The molecule has 98 valence electrons. The van der Waals surface area contributed by atoms with Gasteiger partial charge in [0.1, 0.15) is 11.9 Å². The number of hydrogen-bond donors (Lipinski definition) is 2. The number of aliphatic hydroxyl groups is 1. The van der Waals surface area contributed by atoms with Crippen molar-refractivity contribution in [1.82, 2.24) is 9.88 Å². The zero-order valence-electron chi connectivity index (χ0n) is 10.5. The summed E-state index contributed by atoms with van der Waals surface area (Å²) in [7, 11) is 0. The number of rotatable bonds is 3. The third-order valence-corrected chi connectivity index (χ3v) is 4.35. The van der Waals surface area contributed by atoms with Gasteiger partial charge in [-0.3, -0.25) is 9.88 Å². The lowest BCUT2D eigenvalue weighted by atomic mass is 10.0. The highest BCUT2D eigenvalue weighted by molar-refractivity contribution is 5.19. The topological polar surface area (TPSA) is 56.6 Å². The maximum absolute atomic E-state index is 10.1. The summed E-state index contributed by atoms with van der Waals surface area (Å²) in [6.07, 6.45) is 4.93. The average molecular weight is 248 g/mol. The van der Waals surface area contributed by atoms with Gasteiger partial charge in [0.05, 0.1) is 11.9 Å². The van der Waals surface area contributed by atoms with Crippen LogP contribution in [0.15, 0.2) is 18.3 Å². The molecule has 1 aliphatic heterocycles. The van der Waals surface area contributed by atoms with E-state index in [1.54, 1.807) is 12.1 Å². The first kappa shape index (κ1) is 11.9. The van der Waals surface area contributed by atoms with Crippen molar-refractivity contribution in [3.05, 3.63) is 24.0 Å². The van der Waals surface area contributed by atoms with Crippen LogP contribution in [0.25, 0.3) is 0 Å². The molecular formula is C14H20N2O2. The Hall–Kier alpha value is -1.13. The van der Waals surface area contributed by atoms with E-state index >= 15 is 0 Å². The van der Waals surface area contributed by atoms with E-state index in [9.17, 15) is 10.2 Å². The van der Waals surface area contributed by atoms with E-state index in [0.29, 0.717) is 12.2 Å². The quantitative estimate of drug-likeness (QED) is 0.852. The van der Waals surface area contributed by atoms with Crippen LogP contribution >= 0.6 is 0 Å².